The highest BCUT2D eigenvalue weighted by Crippen LogP contribution is 2.39. The topological polar surface area (TPSA) is 50.2 Å². The molecule has 0 fully saturated rings. The number of fused-ring (bicyclic) bond motifs is 2. The van der Waals surface area contributed by atoms with Gasteiger partial charge in [0, 0.05) is 16.5 Å². The molecule has 1 aromatic heterocycles. The first-order valence-electron chi connectivity index (χ1n) is 7.01. The van der Waals surface area contributed by atoms with Gasteiger partial charge in [-0.2, -0.15) is 0 Å². The van der Waals surface area contributed by atoms with Crippen LogP contribution in [0.15, 0.2) is 65.5 Å². The van der Waals surface area contributed by atoms with Gasteiger partial charge in [0.2, 0.25) is 0 Å². The fourth-order valence-electron chi connectivity index (χ4n) is 2.93. The first kappa shape index (κ1) is 12.1. The zero-order chi connectivity index (χ0) is 14.4. The lowest BCUT2D eigenvalue weighted by Gasteiger charge is -2.05. The SMILES string of the molecule is O=C1C2=CCCC=C2C(O)=C1c1ccc2ccccc2n1. The van der Waals surface area contributed by atoms with Crippen LogP contribution in [0.4, 0.5) is 0 Å². The minimum atomic E-state index is -0.124. The van der Waals surface area contributed by atoms with Gasteiger partial charge in [-0.15, -0.1) is 0 Å². The maximum atomic E-state index is 12.5. The molecule has 1 N–H and O–H groups in total. The van der Waals surface area contributed by atoms with Crippen LogP contribution in [0.3, 0.4) is 0 Å². The summed E-state index contributed by atoms with van der Waals surface area (Å²) in [4.78, 5) is 17.0. The number of rotatable bonds is 1. The standard InChI is InChI=1S/C18H13NO2/c20-17-12-6-2-3-7-13(12)18(21)16(17)15-10-9-11-5-1-4-8-14(11)19-15/h1,4-10,20H,2-3H2. The minimum Gasteiger partial charge on any atom is -0.506 e. The molecule has 2 aliphatic carbocycles. The number of nitrogens with zero attached hydrogens (tertiary/aromatic N) is 1. The number of pyridine rings is 1. The number of aliphatic hydroxyl groups excluding tert-OH is 1. The second kappa shape index (κ2) is 4.42. The smallest absolute Gasteiger partial charge is 0.199 e. The highest BCUT2D eigenvalue weighted by atomic mass is 16.3. The largest absolute Gasteiger partial charge is 0.506 e. The van der Waals surface area contributed by atoms with E-state index in [-0.39, 0.29) is 11.5 Å². The van der Waals surface area contributed by atoms with Gasteiger partial charge in [-0.3, -0.25) is 4.79 Å². The van der Waals surface area contributed by atoms with Crippen LogP contribution in [0, 0.1) is 0 Å². The lowest BCUT2D eigenvalue weighted by Crippen LogP contribution is -2.02. The number of para-hydroxylation sites is 1. The average Bonchev–Trinajstić information content (AvgIpc) is 2.79. The maximum absolute atomic E-state index is 12.5. The summed E-state index contributed by atoms with van der Waals surface area (Å²) in [6.45, 7) is 0. The number of carbonyl (C=O) groups excluding carboxylic acids is 1. The summed E-state index contributed by atoms with van der Waals surface area (Å²) in [7, 11) is 0. The zero-order valence-electron chi connectivity index (χ0n) is 11.3. The third-order valence-corrected chi connectivity index (χ3v) is 3.97. The number of aromatic nitrogens is 1. The highest BCUT2D eigenvalue weighted by Gasteiger charge is 2.34. The zero-order valence-corrected chi connectivity index (χ0v) is 11.3. The van der Waals surface area contributed by atoms with E-state index in [2.05, 4.69) is 4.98 Å². The fraction of sp³-hybridized carbons (Fsp3) is 0.111. The molecular formula is C18H13NO2. The second-order valence-corrected chi connectivity index (χ2v) is 5.25. The molecule has 0 bridgehead atoms. The van der Waals surface area contributed by atoms with Gasteiger partial charge in [0.05, 0.1) is 16.8 Å². The van der Waals surface area contributed by atoms with Crippen LogP contribution in [-0.4, -0.2) is 15.9 Å². The van der Waals surface area contributed by atoms with Gasteiger partial charge < -0.3 is 5.11 Å². The van der Waals surface area contributed by atoms with Gasteiger partial charge in [-0.05, 0) is 25.0 Å². The Bertz CT molecular complexity index is 872. The van der Waals surface area contributed by atoms with Crippen LogP contribution >= 0.6 is 0 Å². The van der Waals surface area contributed by atoms with E-state index in [9.17, 15) is 9.90 Å². The van der Waals surface area contributed by atoms with Gasteiger partial charge in [0.25, 0.3) is 0 Å². The van der Waals surface area contributed by atoms with Crippen molar-refractivity contribution in [3.05, 3.63) is 71.1 Å². The van der Waals surface area contributed by atoms with E-state index in [1.54, 1.807) is 6.07 Å². The number of hydrogen-bond acceptors (Lipinski definition) is 3. The molecule has 3 nitrogen and oxygen atoms in total. The van der Waals surface area contributed by atoms with Crippen LogP contribution in [0.1, 0.15) is 18.5 Å². The molecule has 2 aliphatic rings. The van der Waals surface area contributed by atoms with Crippen LogP contribution < -0.4 is 0 Å². The Morgan fingerprint density at radius 3 is 2.52 bits per heavy atom. The summed E-state index contributed by atoms with van der Waals surface area (Å²) >= 11 is 0. The summed E-state index contributed by atoms with van der Waals surface area (Å²) in [5, 5.41) is 11.4. The molecule has 0 saturated carbocycles. The Labute approximate surface area is 121 Å². The minimum absolute atomic E-state index is 0.0636. The summed E-state index contributed by atoms with van der Waals surface area (Å²) < 4.78 is 0. The van der Waals surface area contributed by atoms with Gasteiger partial charge in [-0.25, -0.2) is 4.98 Å². The van der Waals surface area contributed by atoms with Crippen molar-refractivity contribution >= 4 is 22.3 Å². The molecule has 4 rings (SSSR count). The van der Waals surface area contributed by atoms with Gasteiger partial charge in [0.15, 0.2) is 5.78 Å². The van der Waals surface area contributed by atoms with E-state index in [0.29, 0.717) is 22.4 Å². The number of Topliss-reactive ketones (excluding diaryl/α,β-unsaturated/α-hetero) is 1. The molecule has 0 spiro atoms. The van der Waals surface area contributed by atoms with Crippen molar-refractivity contribution in [3.63, 3.8) is 0 Å². The van der Waals surface area contributed by atoms with Crippen LogP contribution in [0.2, 0.25) is 0 Å². The molecular weight excluding hydrogens is 262 g/mol. The van der Waals surface area contributed by atoms with Gasteiger partial charge in [0.1, 0.15) is 5.76 Å². The molecule has 1 aromatic carbocycles. The molecule has 0 saturated heterocycles. The van der Waals surface area contributed by atoms with Crippen LogP contribution in [0.5, 0.6) is 0 Å². The maximum Gasteiger partial charge on any atom is 0.199 e. The Balaban J connectivity index is 1.91. The Kier molecular flexibility index (Phi) is 2.54. The Morgan fingerprint density at radius 2 is 1.71 bits per heavy atom. The van der Waals surface area contributed by atoms with E-state index >= 15 is 0 Å². The van der Waals surface area contributed by atoms with E-state index in [4.69, 9.17) is 0 Å². The molecule has 0 unspecified atom stereocenters. The monoisotopic (exact) mass is 275 g/mol. The van der Waals surface area contributed by atoms with Crippen molar-refractivity contribution in [2.75, 3.05) is 0 Å². The van der Waals surface area contributed by atoms with E-state index in [1.807, 2.05) is 42.5 Å². The van der Waals surface area contributed by atoms with Crippen molar-refractivity contribution in [1.29, 1.82) is 0 Å². The quantitative estimate of drug-likeness (QED) is 0.862. The molecule has 0 radical (unpaired) electrons. The molecule has 1 heterocycles. The Morgan fingerprint density at radius 1 is 0.952 bits per heavy atom. The number of allylic oxidation sites excluding steroid dienone is 4. The molecule has 0 amide bonds. The highest BCUT2D eigenvalue weighted by molar-refractivity contribution is 6.35. The Hall–Kier alpha value is -2.68. The normalized spacial score (nSPS) is 17.8. The van der Waals surface area contributed by atoms with Crippen molar-refractivity contribution in [1.82, 2.24) is 4.98 Å². The molecule has 21 heavy (non-hydrogen) atoms. The van der Waals surface area contributed by atoms with Gasteiger partial charge in [-0.1, -0.05) is 36.4 Å². The van der Waals surface area contributed by atoms with E-state index < -0.39 is 0 Å². The number of ketones is 1. The first-order valence-corrected chi connectivity index (χ1v) is 7.01. The number of carbonyl (C=O) groups is 1. The summed E-state index contributed by atoms with van der Waals surface area (Å²) in [5.41, 5.74) is 2.95. The number of hydrogen-bond donors (Lipinski definition) is 1. The van der Waals surface area contributed by atoms with Crippen LogP contribution in [0.25, 0.3) is 16.5 Å². The fourth-order valence-corrected chi connectivity index (χ4v) is 2.93. The predicted octanol–water partition coefficient (Wildman–Crippen LogP) is 3.73. The summed E-state index contributed by atoms with van der Waals surface area (Å²) in [5.74, 6) is -0.0602. The first-order chi connectivity index (χ1) is 10.3. The summed E-state index contributed by atoms with van der Waals surface area (Å²) in [6, 6.07) is 11.5. The van der Waals surface area contributed by atoms with E-state index in [1.165, 1.54) is 0 Å². The number of aliphatic hydroxyl groups is 1. The third-order valence-electron chi connectivity index (χ3n) is 3.97. The lowest BCUT2D eigenvalue weighted by atomic mass is 9.99. The number of benzene rings is 1. The third kappa shape index (κ3) is 1.74. The van der Waals surface area contributed by atoms with Crippen molar-refractivity contribution in [2.24, 2.45) is 0 Å². The van der Waals surface area contributed by atoms with Crippen LogP contribution in [-0.2, 0) is 4.79 Å². The van der Waals surface area contributed by atoms with Crippen molar-refractivity contribution < 1.29 is 9.90 Å². The van der Waals surface area contributed by atoms with Crippen molar-refractivity contribution in [3.8, 4) is 0 Å². The molecule has 102 valence electrons. The van der Waals surface area contributed by atoms with E-state index in [0.717, 1.165) is 23.7 Å². The molecule has 3 heteroatoms. The second-order valence-electron chi connectivity index (χ2n) is 5.25. The average molecular weight is 275 g/mol. The lowest BCUT2D eigenvalue weighted by molar-refractivity contribution is -0.110. The molecule has 0 atom stereocenters. The predicted molar refractivity (Wildman–Crippen MR) is 81.7 cm³/mol. The van der Waals surface area contributed by atoms with Gasteiger partial charge >= 0.3 is 0 Å². The summed E-state index contributed by atoms with van der Waals surface area (Å²) in [6.07, 6.45) is 5.53. The van der Waals surface area contributed by atoms with Crippen molar-refractivity contribution in [2.45, 2.75) is 12.8 Å². The molecule has 0 aliphatic heterocycles. The molecule has 2 aromatic rings.